The highest BCUT2D eigenvalue weighted by Crippen LogP contribution is 2.41. The lowest BCUT2D eigenvalue weighted by molar-refractivity contribution is -0.153. The third kappa shape index (κ3) is 5.13. The molecule has 2 N–H and O–H groups in total. The molecule has 6 nitrogen and oxygen atoms in total. The number of rotatable bonds is 8. The monoisotopic (exact) mass is 376 g/mol. The standard InChI is InChI=1S/C19H21O6P/c1-15(2)18(20)25-19(13-14-24-26(21,22)23,16-9-5-3-6-10-16)17-11-7-4-8-12-17/h3-12H,1,13-14H2,2H3,(H2,21,22,23). The summed E-state index contributed by atoms with van der Waals surface area (Å²) >= 11 is 0. The Morgan fingerprint density at radius 2 is 1.50 bits per heavy atom. The van der Waals surface area contributed by atoms with E-state index in [4.69, 9.17) is 14.5 Å². The quantitative estimate of drug-likeness (QED) is 0.416. The molecule has 0 atom stereocenters. The highest BCUT2D eigenvalue weighted by Gasteiger charge is 2.39. The maximum atomic E-state index is 12.3. The van der Waals surface area contributed by atoms with Gasteiger partial charge in [0.1, 0.15) is 0 Å². The van der Waals surface area contributed by atoms with Gasteiger partial charge in [0.2, 0.25) is 0 Å². The SMILES string of the molecule is C=C(C)C(=O)OC(CCOP(=O)(O)O)(c1ccccc1)c1ccccc1. The Balaban J connectivity index is 2.53. The van der Waals surface area contributed by atoms with Crippen molar-refractivity contribution in [3.63, 3.8) is 0 Å². The van der Waals surface area contributed by atoms with Crippen molar-refractivity contribution in [2.24, 2.45) is 0 Å². The Morgan fingerprint density at radius 3 is 1.88 bits per heavy atom. The topological polar surface area (TPSA) is 93.1 Å². The summed E-state index contributed by atoms with van der Waals surface area (Å²) in [4.78, 5) is 30.3. The van der Waals surface area contributed by atoms with E-state index in [0.717, 1.165) is 0 Å². The average Bonchev–Trinajstić information content (AvgIpc) is 2.61. The molecule has 0 heterocycles. The molecule has 0 amide bonds. The van der Waals surface area contributed by atoms with E-state index in [1.807, 2.05) is 12.1 Å². The lowest BCUT2D eigenvalue weighted by Crippen LogP contribution is -2.35. The first-order valence-corrected chi connectivity index (χ1v) is 9.47. The second-order valence-electron chi connectivity index (χ2n) is 5.80. The molecule has 0 unspecified atom stereocenters. The molecule has 26 heavy (non-hydrogen) atoms. The highest BCUT2D eigenvalue weighted by molar-refractivity contribution is 7.46. The van der Waals surface area contributed by atoms with E-state index in [9.17, 15) is 9.36 Å². The average molecular weight is 376 g/mol. The van der Waals surface area contributed by atoms with Crippen molar-refractivity contribution in [3.05, 3.63) is 83.9 Å². The van der Waals surface area contributed by atoms with Crippen LogP contribution in [-0.2, 0) is 24.2 Å². The van der Waals surface area contributed by atoms with E-state index < -0.39 is 19.4 Å². The summed E-state index contributed by atoms with van der Waals surface area (Å²) in [6, 6.07) is 18.0. The third-order valence-electron chi connectivity index (χ3n) is 3.81. The molecule has 138 valence electrons. The van der Waals surface area contributed by atoms with Crippen molar-refractivity contribution in [1.82, 2.24) is 0 Å². The number of benzene rings is 2. The fraction of sp³-hybridized carbons (Fsp3) is 0.211. The minimum atomic E-state index is -4.65. The molecule has 0 saturated carbocycles. The fourth-order valence-electron chi connectivity index (χ4n) is 2.59. The highest BCUT2D eigenvalue weighted by atomic mass is 31.2. The molecule has 0 aliphatic carbocycles. The van der Waals surface area contributed by atoms with E-state index in [-0.39, 0.29) is 18.6 Å². The number of esters is 1. The Morgan fingerprint density at radius 1 is 1.04 bits per heavy atom. The van der Waals surface area contributed by atoms with E-state index in [0.29, 0.717) is 11.1 Å². The third-order valence-corrected chi connectivity index (χ3v) is 4.33. The van der Waals surface area contributed by atoms with Gasteiger partial charge in [-0.1, -0.05) is 67.2 Å². The number of phosphoric ester groups is 1. The van der Waals surface area contributed by atoms with Crippen molar-refractivity contribution < 1.29 is 28.4 Å². The number of phosphoric acid groups is 1. The predicted octanol–water partition coefficient (Wildman–Crippen LogP) is 3.55. The summed E-state index contributed by atoms with van der Waals surface area (Å²) in [5.74, 6) is -0.603. The van der Waals surface area contributed by atoms with Gasteiger partial charge in [-0.05, 0) is 6.92 Å². The molecule has 0 saturated heterocycles. The summed E-state index contributed by atoms with van der Waals surface area (Å²) < 4.78 is 21.5. The molecule has 7 heteroatoms. The van der Waals surface area contributed by atoms with Crippen LogP contribution in [0.4, 0.5) is 0 Å². The molecular formula is C19H21O6P. The first kappa shape index (κ1) is 20.1. The largest absolute Gasteiger partial charge is 0.469 e. The van der Waals surface area contributed by atoms with Gasteiger partial charge >= 0.3 is 13.8 Å². The maximum absolute atomic E-state index is 12.3. The van der Waals surface area contributed by atoms with E-state index in [2.05, 4.69) is 11.1 Å². The molecule has 0 bridgehead atoms. The van der Waals surface area contributed by atoms with Crippen LogP contribution in [0, 0.1) is 0 Å². The molecule has 0 spiro atoms. The van der Waals surface area contributed by atoms with Gasteiger partial charge in [-0.2, -0.15) is 0 Å². The predicted molar refractivity (Wildman–Crippen MR) is 97.2 cm³/mol. The molecule has 2 rings (SSSR count). The van der Waals surface area contributed by atoms with Crippen molar-refractivity contribution in [2.75, 3.05) is 6.61 Å². The number of hydrogen-bond donors (Lipinski definition) is 2. The first-order valence-electron chi connectivity index (χ1n) is 7.94. The number of hydrogen-bond acceptors (Lipinski definition) is 4. The van der Waals surface area contributed by atoms with Crippen LogP contribution in [0.3, 0.4) is 0 Å². The molecule has 0 radical (unpaired) electrons. The molecule has 0 aliphatic heterocycles. The van der Waals surface area contributed by atoms with E-state index in [1.54, 1.807) is 48.5 Å². The molecule has 2 aromatic carbocycles. The van der Waals surface area contributed by atoms with Crippen molar-refractivity contribution in [2.45, 2.75) is 18.9 Å². The van der Waals surface area contributed by atoms with Gasteiger partial charge in [0.05, 0.1) is 6.61 Å². The smallest absolute Gasteiger partial charge is 0.446 e. The number of carbonyl (C=O) groups excluding carboxylic acids is 1. The summed E-state index contributed by atoms with van der Waals surface area (Å²) in [5, 5.41) is 0. The van der Waals surface area contributed by atoms with Gasteiger partial charge < -0.3 is 14.5 Å². The zero-order valence-electron chi connectivity index (χ0n) is 14.4. The summed E-state index contributed by atoms with van der Waals surface area (Å²) in [7, 11) is -4.65. The number of carbonyl (C=O) groups is 1. The molecular weight excluding hydrogens is 355 g/mol. The molecule has 0 aromatic heterocycles. The minimum Gasteiger partial charge on any atom is -0.446 e. The van der Waals surface area contributed by atoms with Gasteiger partial charge in [-0.25, -0.2) is 9.36 Å². The Labute approximate surface area is 152 Å². The maximum Gasteiger partial charge on any atom is 0.469 e. The lowest BCUT2D eigenvalue weighted by Gasteiger charge is -2.34. The van der Waals surface area contributed by atoms with E-state index in [1.165, 1.54) is 6.92 Å². The fourth-order valence-corrected chi connectivity index (χ4v) is 2.92. The summed E-state index contributed by atoms with van der Waals surface area (Å²) in [6.45, 7) is 4.84. The van der Waals surface area contributed by atoms with Crippen LogP contribution >= 0.6 is 7.82 Å². The second kappa shape index (κ2) is 8.43. The summed E-state index contributed by atoms with van der Waals surface area (Å²) in [6.07, 6.45) is 0.0190. The van der Waals surface area contributed by atoms with Crippen LogP contribution in [0.15, 0.2) is 72.8 Å². The molecule has 0 fully saturated rings. The van der Waals surface area contributed by atoms with Crippen molar-refractivity contribution in [3.8, 4) is 0 Å². The van der Waals surface area contributed by atoms with Crippen LogP contribution in [0.1, 0.15) is 24.5 Å². The first-order chi connectivity index (χ1) is 12.2. The molecule has 2 aromatic rings. The zero-order valence-corrected chi connectivity index (χ0v) is 15.3. The minimum absolute atomic E-state index is 0.0190. The van der Waals surface area contributed by atoms with Gasteiger partial charge in [0.25, 0.3) is 0 Å². The Bertz CT molecular complexity index is 758. The van der Waals surface area contributed by atoms with Crippen molar-refractivity contribution >= 4 is 13.8 Å². The lowest BCUT2D eigenvalue weighted by atomic mass is 9.83. The van der Waals surface area contributed by atoms with E-state index >= 15 is 0 Å². The van der Waals surface area contributed by atoms with Crippen LogP contribution in [-0.4, -0.2) is 22.4 Å². The van der Waals surface area contributed by atoms with Crippen LogP contribution in [0.2, 0.25) is 0 Å². The second-order valence-corrected chi connectivity index (χ2v) is 7.04. The Kier molecular flexibility index (Phi) is 6.51. The normalized spacial score (nSPS) is 11.8. The van der Waals surface area contributed by atoms with Gasteiger partial charge in [-0.15, -0.1) is 0 Å². The van der Waals surface area contributed by atoms with Crippen LogP contribution in [0.5, 0.6) is 0 Å². The summed E-state index contributed by atoms with van der Waals surface area (Å²) in [5.41, 5.74) is 0.274. The molecule has 0 aliphatic rings. The van der Waals surface area contributed by atoms with Crippen LogP contribution < -0.4 is 0 Å². The van der Waals surface area contributed by atoms with Gasteiger partial charge in [0, 0.05) is 23.1 Å². The van der Waals surface area contributed by atoms with Gasteiger partial charge in [-0.3, -0.25) is 4.52 Å². The number of ether oxygens (including phenoxy) is 1. The van der Waals surface area contributed by atoms with Gasteiger partial charge in [0.15, 0.2) is 5.60 Å². The zero-order chi connectivity index (χ0) is 19.2. The van der Waals surface area contributed by atoms with Crippen LogP contribution in [0.25, 0.3) is 0 Å². The van der Waals surface area contributed by atoms with Crippen molar-refractivity contribution in [1.29, 1.82) is 0 Å². The Hall–Kier alpha value is -2.24.